The van der Waals surface area contributed by atoms with Crippen LogP contribution in [0.15, 0.2) is 29.6 Å². The smallest absolute Gasteiger partial charge is 0.142 e. The maximum absolute atomic E-state index is 5.55. The van der Waals surface area contributed by atoms with E-state index in [1.807, 2.05) is 17.4 Å². The summed E-state index contributed by atoms with van der Waals surface area (Å²) >= 11 is 1.88. The van der Waals surface area contributed by atoms with Gasteiger partial charge in [0, 0.05) is 44.0 Å². The fraction of sp³-hybridized carbons (Fsp3) is 0.571. The number of anilines is 1. The second kappa shape index (κ2) is 8.40. The molecule has 2 aromatic rings. The maximum atomic E-state index is 5.55. The predicted molar refractivity (Wildman–Crippen MR) is 108 cm³/mol. The zero-order valence-corrected chi connectivity index (χ0v) is 16.5. The Morgan fingerprint density at radius 2 is 1.92 bits per heavy atom. The Bertz CT molecular complexity index is 711. The van der Waals surface area contributed by atoms with Gasteiger partial charge in [-0.25, -0.2) is 4.98 Å². The highest BCUT2D eigenvalue weighted by atomic mass is 32.1. The van der Waals surface area contributed by atoms with E-state index in [0.717, 1.165) is 44.4 Å². The SMILES string of the molecule is COc1ccccc1N1CCCN(Cc2csc(C3CCCC3)n2)CC1. The Morgan fingerprint density at radius 3 is 2.77 bits per heavy atom. The summed E-state index contributed by atoms with van der Waals surface area (Å²) in [6.45, 7) is 5.33. The first kappa shape index (κ1) is 17.8. The molecule has 0 spiro atoms. The molecule has 1 aromatic carbocycles. The third-order valence-corrected chi connectivity index (χ3v) is 6.73. The van der Waals surface area contributed by atoms with Crippen LogP contribution < -0.4 is 9.64 Å². The van der Waals surface area contributed by atoms with E-state index in [9.17, 15) is 0 Å². The standard InChI is InChI=1S/C21H29N3OS/c1-25-20-10-5-4-9-19(20)24-12-6-11-23(13-14-24)15-18-16-26-21(22-18)17-7-2-3-8-17/h4-5,9-10,16-17H,2-3,6-8,11-15H2,1H3. The molecule has 5 heteroatoms. The van der Waals surface area contributed by atoms with Crippen molar-refractivity contribution >= 4 is 17.0 Å². The molecule has 140 valence electrons. The van der Waals surface area contributed by atoms with Crippen LogP contribution in [0.3, 0.4) is 0 Å². The Morgan fingerprint density at radius 1 is 1.08 bits per heavy atom. The van der Waals surface area contributed by atoms with E-state index in [2.05, 4.69) is 33.4 Å². The van der Waals surface area contributed by atoms with E-state index in [1.165, 1.54) is 48.5 Å². The van der Waals surface area contributed by atoms with Crippen LogP contribution in [0, 0.1) is 0 Å². The molecule has 26 heavy (non-hydrogen) atoms. The maximum Gasteiger partial charge on any atom is 0.142 e. The molecule has 1 saturated carbocycles. The first-order chi connectivity index (χ1) is 12.8. The molecular formula is C21H29N3OS. The molecule has 2 heterocycles. The molecule has 0 bridgehead atoms. The number of para-hydroxylation sites is 2. The normalized spacial score (nSPS) is 19.7. The fourth-order valence-electron chi connectivity index (χ4n) is 4.25. The second-order valence-electron chi connectivity index (χ2n) is 7.45. The molecular weight excluding hydrogens is 342 g/mol. The van der Waals surface area contributed by atoms with Crippen molar-refractivity contribution in [3.63, 3.8) is 0 Å². The van der Waals surface area contributed by atoms with Crippen molar-refractivity contribution in [2.45, 2.75) is 44.6 Å². The van der Waals surface area contributed by atoms with Gasteiger partial charge in [0.25, 0.3) is 0 Å². The highest BCUT2D eigenvalue weighted by Gasteiger charge is 2.22. The number of methoxy groups -OCH3 is 1. The lowest BCUT2D eigenvalue weighted by molar-refractivity contribution is 0.282. The van der Waals surface area contributed by atoms with E-state index < -0.39 is 0 Å². The third-order valence-electron chi connectivity index (χ3n) is 5.67. The Labute approximate surface area is 160 Å². The number of hydrogen-bond donors (Lipinski definition) is 0. The minimum absolute atomic E-state index is 0.735. The molecule has 1 saturated heterocycles. The van der Waals surface area contributed by atoms with E-state index in [4.69, 9.17) is 9.72 Å². The molecule has 0 radical (unpaired) electrons. The number of thiazole rings is 1. The molecule has 0 atom stereocenters. The highest BCUT2D eigenvalue weighted by Crippen LogP contribution is 2.35. The number of rotatable bonds is 5. The van der Waals surface area contributed by atoms with E-state index >= 15 is 0 Å². The van der Waals surface area contributed by atoms with Crippen LogP contribution in [0.1, 0.15) is 48.7 Å². The van der Waals surface area contributed by atoms with Crippen LogP contribution in [0.4, 0.5) is 5.69 Å². The van der Waals surface area contributed by atoms with Crippen LogP contribution >= 0.6 is 11.3 Å². The van der Waals surface area contributed by atoms with Crippen LogP contribution in [-0.2, 0) is 6.54 Å². The van der Waals surface area contributed by atoms with Crippen LogP contribution in [0.5, 0.6) is 5.75 Å². The minimum atomic E-state index is 0.735. The average molecular weight is 372 g/mol. The van der Waals surface area contributed by atoms with Gasteiger partial charge in [0.05, 0.1) is 23.5 Å². The summed E-state index contributed by atoms with van der Waals surface area (Å²) < 4.78 is 5.55. The summed E-state index contributed by atoms with van der Waals surface area (Å²) in [6.07, 6.45) is 6.61. The van der Waals surface area contributed by atoms with Crippen molar-refractivity contribution in [3.05, 3.63) is 40.3 Å². The Balaban J connectivity index is 1.36. The quantitative estimate of drug-likeness (QED) is 0.772. The van der Waals surface area contributed by atoms with Crippen molar-refractivity contribution in [1.82, 2.24) is 9.88 Å². The van der Waals surface area contributed by atoms with Crippen molar-refractivity contribution in [2.75, 3.05) is 38.2 Å². The van der Waals surface area contributed by atoms with E-state index in [-0.39, 0.29) is 0 Å². The number of benzene rings is 1. The van der Waals surface area contributed by atoms with Gasteiger partial charge in [-0.1, -0.05) is 25.0 Å². The van der Waals surface area contributed by atoms with Crippen LogP contribution in [-0.4, -0.2) is 43.2 Å². The summed E-state index contributed by atoms with van der Waals surface area (Å²) in [4.78, 5) is 9.99. The monoisotopic (exact) mass is 371 g/mol. The molecule has 0 amide bonds. The first-order valence-electron chi connectivity index (χ1n) is 9.88. The summed E-state index contributed by atoms with van der Waals surface area (Å²) in [5.41, 5.74) is 2.48. The minimum Gasteiger partial charge on any atom is -0.495 e. The Hall–Kier alpha value is -1.59. The summed E-state index contributed by atoms with van der Waals surface area (Å²) in [5.74, 6) is 1.71. The lowest BCUT2D eigenvalue weighted by atomic mass is 10.1. The number of ether oxygens (including phenoxy) is 1. The van der Waals surface area contributed by atoms with Gasteiger partial charge in [-0.3, -0.25) is 4.90 Å². The Kier molecular flexibility index (Phi) is 5.75. The molecule has 1 aliphatic carbocycles. The summed E-state index contributed by atoms with van der Waals surface area (Å²) in [6, 6.07) is 8.36. The van der Waals surface area contributed by atoms with E-state index in [1.54, 1.807) is 7.11 Å². The van der Waals surface area contributed by atoms with Gasteiger partial charge in [0.2, 0.25) is 0 Å². The van der Waals surface area contributed by atoms with Gasteiger partial charge >= 0.3 is 0 Å². The number of hydrogen-bond acceptors (Lipinski definition) is 5. The highest BCUT2D eigenvalue weighted by molar-refractivity contribution is 7.09. The number of nitrogens with zero attached hydrogens (tertiary/aromatic N) is 3. The average Bonchev–Trinajstić information content (AvgIpc) is 3.31. The van der Waals surface area contributed by atoms with Crippen LogP contribution in [0.25, 0.3) is 0 Å². The topological polar surface area (TPSA) is 28.6 Å². The number of aromatic nitrogens is 1. The molecule has 2 aliphatic rings. The van der Waals surface area contributed by atoms with Crippen molar-refractivity contribution in [3.8, 4) is 5.75 Å². The first-order valence-corrected chi connectivity index (χ1v) is 10.8. The van der Waals surface area contributed by atoms with Crippen molar-refractivity contribution in [1.29, 1.82) is 0 Å². The van der Waals surface area contributed by atoms with Crippen molar-refractivity contribution in [2.24, 2.45) is 0 Å². The van der Waals surface area contributed by atoms with Crippen molar-refractivity contribution < 1.29 is 4.74 Å². The zero-order valence-electron chi connectivity index (χ0n) is 15.7. The second-order valence-corrected chi connectivity index (χ2v) is 8.34. The van der Waals surface area contributed by atoms with Gasteiger partial charge in [-0.15, -0.1) is 11.3 Å². The van der Waals surface area contributed by atoms with Gasteiger partial charge in [-0.2, -0.15) is 0 Å². The lowest BCUT2D eigenvalue weighted by Gasteiger charge is -2.25. The third kappa shape index (κ3) is 4.04. The predicted octanol–water partition coefficient (Wildman–Crippen LogP) is 4.52. The zero-order chi connectivity index (χ0) is 17.8. The van der Waals surface area contributed by atoms with E-state index in [0.29, 0.717) is 0 Å². The largest absolute Gasteiger partial charge is 0.495 e. The van der Waals surface area contributed by atoms with Crippen LogP contribution in [0.2, 0.25) is 0 Å². The molecule has 0 unspecified atom stereocenters. The summed E-state index contributed by atoms with van der Waals surface area (Å²) in [7, 11) is 1.76. The molecule has 0 N–H and O–H groups in total. The summed E-state index contributed by atoms with van der Waals surface area (Å²) in [5, 5.41) is 3.67. The lowest BCUT2D eigenvalue weighted by Crippen LogP contribution is -2.30. The van der Waals surface area contributed by atoms with Gasteiger partial charge in [0.15, 0.2) is 0 Å². The molecule has 4 rings (SSSR count). The van der Waals surface area contributed by atoms with Gasteiger partial charge in [-0.05, 0) is 31.4 Å². The van der Waals surface area contributed by atoms with Gasteiger partial charge < -0.3 is 9.64 Å². The molecule has 1 aromatic heterocycles. The van der Waals surface area contributed by atoms with Gasteiger partial charge in [0.1, 0.15) is 5.75 Å². The fourth-order valence-corrected chi connectivity index (χ4v) is 5.23. The molecule has 1 aliphatic heterocycles. The molecule has 2 fully saturated rings. The molecule has 4 nitrogen and oxygen atoms in total.